The van der Waals surface area contributed by atoms with E-state index < -0.39 is 0 Å². The maximum atomic E-state index is 13.2. The van der Waals surface area contributed by atoms with E-state index in [-0.39, 0.29) is 23.7 Å². The van der Waals surface area contributed by atoms with Crippen molar-refractivity contribution in [3.8, 4) is 5.95 Å². The Morgan fingerprint density at radius 3 is 2.81 bits per heavy atom. The van der Waals surface area contributed by atoms with E-state index in [1.54, 1.807) is 30.6 Å². The number of benzene rings is 1. The first-order valence-corrected chi connectivity index (χ1v) is 6.65. The van der Waals surface area contributed by atoms with Crippen molar-refractivity contribution in [1.82, 2.24) is 24.7 Å². The molecule has 2 aromatic heterocycles. The molecule has 0 aliphatic heterocycles. The normalized spacial score (nSPS) is 10.6. The number of nitrogens with zero attached hydrogens (tertiary/aromatic N) is 5. The second-order valence-corrected chi connectivity index (χ2v) is 4.88. The third kappa shape index (κ3) is 2.97. The molecule has 106 valence electrons. The number of hydrogen-bond acceptors (Lipinski definition) is 6. The molecule has 0 saturated carbocycles. The molecule has 0 atom stereocenters. The van der Waals surface area contributed by atoms with Crippen LogP contribution in [0.4, 0.5) is 22.0 Å². The summed E-state index contributed by atoms with van der Waals surface area (Å²) in [6, 6.07) is 6.20. The second kappa shape index (κ2) is 5.44. The molecule has 21 heavy (non-hydrogen) atoms. The molecule has 2 heterocycles. The van der Waals surface area contributed by atoms with Crippen molar-refractivity contribution in [3.63, 3.8) is 0 Å². The van der Waals surface area contributed by atoms with Crippen molar-refractivity contribution >= 4 is 33.5 Å². The van der Waals surface area contributed by atoms with Crippen LogP contribution >= 0.6 is 15.9 Å². The van der Waals surface area contributed by atoms with Crippen LogP contribution in [0.5, 0.6) is 0 Å². The van der Waals surface area contributed by atoms with E-state index in [4.69, 9.17) is 5.73 Å². The minimum absolute atomic E-state index is 0.0548. The lowest BCUT2D eigenvalue weighted by Gasteiger charge is -2.07. The topological polar surface area (TPSA) is 94.5 Å². The Balaban J connectivity index is 1.93. The van der Waals surface area contributed by atoms with E-state index >= 15 is 0 Å². The van der Waals surface area contributed by atoms with E-state index in [1.165, 1.54) is 10.7 Å². The maximum Gasteiger partial charge on any atom is 0.257 e. The molecule has 0 aliphatic carbocycles. The number of halogens is 2. The van der Waals surface area contributed by atoms with Gasteiger partial charge in [0.25, 0.3) is 5.95 Å². The zero-order valence-electron chi connectivity index (χ0n) is 10.5. The lowest BCUT2D eigenvalue weighted by atomic mass is 10.3. The minimum Gasteiger partial charge on any atom is -0.368 e. The average molecular weight is 350 g/mol. The van der Waals surface area contributed by atoms with Gasteiger partial charge in [0.1, 0.15) is 5.82 Å². The van der Waals surface area contributed by atoms with E-state index in [9.17, 15) is 4.39 Å². The Hall–Kier alpha value is -2.55. The van der Waals surface area contributed by atoms with Crippen LogP contribution in [0.2, 0.25) is 0 Å². The summed E-state index contributed by atoms with van der Waals surface area (Å²) < 4.78 is 15.0. The Kier molecular flexibility index (Phi) is 3.48. The van der Waals surface area contributed by atoms with Gasteiger partial charge in [0, 0.05) is 18.1 Å². The summed E-state index contributed by atoms with van der Waals surface area (Å²) in [5.41, 5.74) is 6.27. The van der Waals surface area contributed by atoms with Crippen LogP contribution in [0.1, 0.15) is 0 Å². The Morgan fingerprint density at radius 2 is 2.10 bits per heavy atom. The van der Waals surface area contributed by atoms with Crippen LogP contribution in [0.15, 0.2) is 41.1 Å². The summed E-state index contributed by atoms with van der Waals surface area (Å²) in [5, 5.41) is 6.96. The first-order valence-electron chi connectivity index (χ1n) is 5.85. The van der Waals surface area contributed by atoms with Crippen LogP contribution in [0.3, 0.4) is 0 Å². The fourth-order valence-electron chi connectivity index (χ4n) is 1.63. The van der Waals surface area contributed by atoms with Gasteiger partial charge in [-0.25, -0.2) is 9.07 Å². The summed E-state index contributed by atoms with van der Waals surface area (Å²) in [7, 11) is 0. The molecule has 3 aromatic rings. The van der Waals surface area contributed by atoms with Crippen molar-refractivity contribution in [2.24, 2.45) is 0 Å². The fourth-order valence-corrected chi connectivity index (χ4v) is 2.01. The summed E-state index contributed by atoms with van der Waals surface area (Å²) in [5.74, 6) is 0.231. The molecule has 3 rings (SSSR count). The van der Waals surface area contributed by atoms with Crippen molar-refractivity contribution in [3.05, 3.63) is 46.9 Å². The highest BCUT2D eigenvalue weighted by atomic mass is 79.9. The second-order valence-electron chi connectivity index (χ2n) is 4.02. The van der Waals surface area contributed by atoms with Gasteiger partial charge in [-0.1, -0.05) is 0 Å². The summed E-state index contributed by atoms with van der Waals surface area (Å²) in [6.07, 6.45) is 3.29. The molecule has 0 amide bonds. The van der Waals surface area contributed by atoms with E-state index in [0.29, 0.717) is 10.2 Å². The number of nitrogens with one attached hydrogen (secondary N) is 1. The molecule has 9 heteroatoms. The van der Waals surface area contributed by atoms with Gasteiger partial charge >= 0.3 is 0 Å². The molecule has 0 spiro atoms. The Morgan fingerprint density at radius 1 is 1.24 bits per heavy atom. The average Bonchev–Trinajstić information content (AvgIpc) is 2.96. The molecule has 0 unspecified atom stereocenters. The summed E-state index contributed by atoms with van der Waals surface area (Å²) >= 11 is 3.11. The molecule has 3 N–H and O–H groups in total. The Bertz CT molecular complexity index is 775. The van der Waals surface area contributed by atoms with Gasteiger partial charge in [-0.3, -0.25) is 0 Å². The molecule has 0 aliphatic rings. The molecular weight excluding hydrogens is 341 g/mol. The number of aromatic nitrogens is 5. The highest BCUT2D eigenvalue weighted by Gasteiger charge is 2.08. The molecular formula is C12H9BrFN7. The predicted molar refractivity (Wildman–Crippen MR) is 78.7 cm³/mol. The van der Waals surface area contributed by atoms with Gasteiger partial charge in [0.2, 0.25) is 11.9 Å². The SMILES string of the molecule is Nc1nc(Nc2ccc(F)c(Br)c2)nc(-n2cccn2)n1. The van der Waals surface area contributed by atoms with Crippen molar-refractivity contribution in [2.75, 3.05) is 11.1 Å². The van der Waals surface area contributed by atoms with E-state index in [1.807, 2.05) is 0 Å². The van der Waals surface area contributed by atoms with Crippen LogP contribution in [0, 0.1) is 5.82 Å². The highest BCUT2D eigenvalue weighted by Crippen LogP contribution is 2.22. The smallest absolute Gasteiger partial charge is 0.257 e. The van der Waals surface area contributed by atoms with Gasteiger partial charge in [-0.2, -0.15) is 20.1 Å². The van der Waals surface area contributed by atoms with Crippen LogP contribution in [0.25, 0.3) is 5.95 Å². The number of nitrogen functional groups attached to an aromatic ring is 1. The maximum absolute atomic E-state index is 13.2. The van der Waals surface area contributed by atoms with Gasteiger partial charge in [0.15, 0.2) is 0 Å². The molecule has 1 aromatic carbocycles. The first kappa shape index (κ1) is 13.4. The number of rotatable bonds is 3. The third-order valence-corrected chi connectivity index (χ3v) is 3.13. The zero-order valence-corrected chi connectivity index (χ0v) is 12.1. The fraction of sp³-hybridized carbons (Fsp3) is 0. The number of anilines is 3. The highest BCUT2D eigenvalue weighted by molar-refractivity contribution is 9.10. The lowest BCUT2D eigenvalue weighted by Crippen LogP contribution is -2.09. The minimum atomic E-state index is -0.354. The molecule has 7 nitrogen and oxygen atoms in total. The molecule has 0 saturated heterocycles. The lowest BCUT2D eigenvalue weighted by molar-refractivity contribution is 0.621. The van der Waals surface area contributed by atoms with Gasteiger partial charge in [0.05, 0.1) is 4.47 Å². The number of nitrogens with two attached hydrogens (primary N) is 1. The zero-order chi connectivity index (χ0) is 14.8. The first-order chi connectivity index (χ1) is 10.1. The van der Waals surface area contributed by atoms with Gasteiger partial charge in [-0.15, -0.1) is 0 Å². The summed E-state index contributed by atoms with van der Waals surface area (Å²) in [6.45, 7) is 0. The van der Waals surface area contributed by atoms with Crippen molar-refractivity contribution in [1.29, 1.82) is 0 Å². The third-order valence-electron chi connectivity index (χ3n) is 2.53. The van der Waals surface area contributed by atoms with Gasteiger partial charge in [-0.05, 0) is 40.2 Å². The van der Waals surface area contributed by atoms with Crippen molar-refractivity contribution in [2.45, 2.75) is 0 Å². The van der Waals surface area contributed by atoms with E-state index in [0.717, 1.165) is 0 Å². The molecule has 0 radical (unpaired) electrons. The standard InChI is InChI=1S/C12H9BrFN7/c13-8-6-7(2-3-9(8)14)17-11-18-10(15)19-12(20-11)21-5-1-4-16-21/h1-6H,(H3,15,17,18,19,20). The molecule has 0 fully saturated rings. The largest absolute Gasteiger partial charge is 0.368 e. The van der Waals surface area contributed by atoms with Crippen LogP contribution < -0.4 is 11.1 Å². The monoisotopic (exact) mass is 349 g/mol. The predicted octanol–water partition coefficient (Wildman–Crippen LogP) is 2.28. The van der Waals surface area contributed by atoms with E-state index in [2.05, 4.69) is 41.3 Å². The quantitative estimate of drug-likeness (QED) is 0.753. The Labute approximate surface area is 127 Å². The van der Waals surface area contributed by atoms with Gasteiger partial charge < -0.3 is 11.1 Å². The number of hydrogen-bond donors (Lipinski definition) is 2. The van der Waals surface area contributed by atoms with Crippen LogP contribution in [-0.2, 0) is 0 Å². The summed E-state index contributed by atoms with van der Waals surface area (Å²) in [4.78, 5) is 12.2. The van der Waals surface area contributed by atoms with Crippen LogP contribution in [-0.4, -0.2) is 24.7 Å². The van der Waals surface area contributed by atoms with Crippen molar-refractivity contribution < 1.29 is 4.39 Å². The molecule has 0 bridgehead atoms.